The lowest BCUT2D eigenvalue weighted by Gasteiger charge is -2.35. The van der Waals surface area contributed by atoms with Crippen molar-refractivity contribution in [1.82, 2.24) is 14.9 Å². The quantitative estimate of drug-likeness (QED) is 0.756. The van der Waals surface area contributed by atoms with Gasteiger partial charge in [0.15, 0.2) is 0 Å². The fraction of sp³-hybridized carbons (Fsp3) is 0.190. The van der Waals surface area contributed by atoms with Crippen LogP contribution in [0.4, 0.5) is 21.6 Å². The molecule has 0 unspecified atom stereocenters. The molecular weight excluding hydrogens is 357 g/mol. The lowest BCUT2D eigenvalue weighted by atomic mass is 10.2. The van der Waals surface area contributed by atoms with E-state index in [2.05, 4.69) is 20.2 Å². The number of nitrogens with one attached hydrogen (secondary N) is 1. The zero-order chi connectivity index (χ0) is 19.3. The number of halogens is 1. The van der Waals surface area contributed by atoms with Gasteiger partial charge < -0.3 is 15.1 Å². The number of nitrogens with zero attached hydrogens (tertiary/aromatic N) is 4. The smallest absolute Gasteiger partial charge is 0.272 e. The van der Waals surface area contributed by atoms with E-state index >= 15 is 0 Å². The van der Waals surface area contributed by atoms with E-state index in [0.717, 1.165) is 18.9 Å². The van der Waals surface area contributed by atoms with Crippen molar-refractivity contribution in [1.29, 1.82) is 0 Å². The van der Waals surface area contributed by atoms with Crippen molar-refractivity contribution in [2.45, 2.75) is 0 Å². The number of hydrogen-bond donors (Lipinski definition) is 1. The van der Waals surface area contributed by atoms with Crippen molar-refractivity contribution < 1.29 is 9.18 Å². The van der Waals surface area contributed by atoms with Crippen LogP contribution in [-0.2, 0) is 0 Å². The fourth-order valence-corrected chi connectivity index (χ4v) is 3.17. The SMILES string of the molecule is O=C(c1ccc(Nc2cccc(F)c2)cn1)N1CCN(c2ccccn2)CC1. The van der Waals surface area contributed by atoms with Gasteiger partial charge in [-0.25, -0.2) is 14.4 Å². The van der Waals surface area contributed by atoms with Crippen LogP contribution < -0.4 is 10.2 Å². The van der Waals surface area contributed by atoms with Crippen LogP contribution in [-0.4, -0.2) is 47.0 Å². The molecule has 1 fully saturated rings. The first-order valence-electron chi connectivity index (χ1n) is 9.13. The van der Waals surface area contributed by atoms with Crippen LogP contribution in [0.2, 0.25) is 0 Å². The van der Waals surface area contributed by atoms with Crippen LogP contribution in [0.3, 0.4) is 0 Å². The number of piperazine rings is 1. The maximum absolute atomic E-state index is 13.3. The normalized spacial score (nSPS) is 14.0. The Morgan fingerprint density at radius 2 is 1.79 bits per heavy atom. The molecular formula is C21H20FN5O. The highest BCUT2D eigenvalue weighted by atomic mass is 19.1. The van der Waals surface area contributed by atoms with Gasteiger partial charge >= 0.3 is 0 Å². The third-order valence-corrected chi connectivity index (χ3v) is 4.64. The number of rotatable bonds is 4. The molecule has 1 aliphatic rings. The van der Waals surface area contributed by atoms with Gasteiger partial charge in [0.1, 0.15) is 17.3 Å². The third kappa shape index (κ3) is 4.09. The number of aromatic nitrogens is 2. The Morgan fingerprint density at radius 1 is 0.929 bits per heavy atom. The van der Waals surface area contributed by atoms with Crippen molar-refractivity contribution in [2.24, 2.45) is 0 Å². The monoisotopic (exact) mass is 377 g/mol. The molecule has 28 heavy (non-hydrogen) atoms. The first kappa shape index (κ1) is 17.9. The van der Waals surface area contributed by atoms with Crippen LogP contribution in [0.5, 0.6) is 0 Å². The molecule has 1 saturated heterocycles. The summed E-state index contributed by atoms with van der Waals surface area (Å²) < 4.78 is 13.3. The predicted octanol–water partition coefficient (Wildman–Crippen LogP) is 3.32. The van der Waals surface area contributed by atoms with Crippen molar-refractivity contribution in [2.75, 3.05) is 36.4 Å². The molecule has 0 aliphatic carbocycles. The second-order valence-corrected chi connectivity index (χ2v) is 6.53. The molecule has 3 aromatic rings. The van der Waals surface area contributed by atoms with Crippen molar-refractivity contribution in [3.8, 4) is 0 Å². The molecule has 0 radical (unpaired) electrons. The van der Waals surface area contributed by atoms with Crippen molar-refractivity contribution in [3.05, 3.63) is 78.5 Å². The minimum absolute atomic E-state index is 0.0852. The maximum Gasteiger partial charge on any atom is 0.272 e. The van der Waals surface area contributed by atoms with Crippen LogP contribution in [0, 0.1) is 5.82 Å². The van der Waals surface area contributed by atoms with E-state index in [0.29, 0.717) is 30.2 Å². The van der Waals surface area contributed by atoms with Crippen LogP contribution >= 0.6 is 0 Å². The van der Waals surface area contributed by atoms with E-state index < -0.39 is 0 Å². The first-order chi connectivity index (χ1) is 13.7. The van der Waals surface area contributed by atoms with Gasteiger partial charge in [0.25, 0.3) is 5.91 Å². The molecule has 0 bridgehead atoms. The molecule has 0 saturated carbocycles. The van der Waals surface area contributed by atoms with Crippen LogP contribution in [0.15, 0.2) is 67.0 Å². The molecule has 1 aliphatic heterocycles. The highest BCUT2D eigenvalue weighted by molar-refractivity contribution is 5.92. The second-order valence-electron chi connectivity index (χ2n) is 6.53. The molecule has 142 valence electrons. The van der Waals surface area contributed by atoms with Gasteiger partial charge in [-0.15, -0.1) is 0 Å². The van der Waals surface area contributed by atoms with Crippen LogP contribution in [0.1, 0.15) is 10.5 Å². The van der Waals surface area contributed by atoms with Gasteiger partial charge in [0.05, 0.1) is 11.9 Å². The Bertz CT molecular complexity index is 941. The number of carbonyl (C=O) groups is 1. The number of benzene rings is 1. The maximum atomic E-state index is 13.3. The molecule has 1 N–H and O–H groups in total. The predicted molar refractivity (Wildman–Crippen MR) is 106 cm³/mol. The average Bonchev–Trinajstić information content (AvgIpc) is 2.75. The molecule has 3 heterocycles. The van der Waals surface area contributed by atoms with Gasteiger partial charge in [-0.1, -0.05) is 12.1 Å². The van der Waals surface area contributed by atoms with Crippen LogP contribution in [0.25, 0.3) is 0 Å². The van der Waals surface area contributed by atoms with E-state index in [4.69, 9.17) is 0 Å². The molecule has 0 atom stereocenters. The summed E-state index contributed by atoms with van der Waals surface area (Å²) in [5.74, 6) is 0.535. The van der Waals surface area contributed by atoms with Gasteiger partial charge in [-0.05, 0) is 42.5 Å². The van der Waals surface area contributed by atoms with Gasteiger partial charge in [0, 0.05) is 38.1 Å². The lowest BCUT2D eigenvalue weighted by Crippen LogP contribution is -2.49. The Kier molecular flexibility index (Phi) is 5.14. The molecule has 1 aromatic carbocycles. The molecule has 2 aromatic heterocycles. The number of carbonyl (C=O) groups excluding carboxylic acids is 1. The summed E-state index contributed by atoms with van der Waals surface area (Å²) in [7, 11) is 0. The Balaban J connectivity index is 1.36. The highest BCUT2D eigenvalue weighted by Gasteiger charge is 2.23. The summed E-state index contributed by atoms with van der Waals surface area (Å²) in [5.41, 5.74) is 1.73. The molecule has 6 nitrogen and oxygen atoms in total. The van der Waals surface area contributed by atoms with Gasteiger partial charge in [-0.2, -0.15) is 0 Å². The van der Waals surface area contributed by atoms with E-state index in [1.165, 1.54) is 12.1 Å². The Hall–Kier alpha value is -3.48. The number of anilines is 3. The number of amides is 1. The zero-order valence-corrected chi connectivity index (χ0v) is 15.3. The van der Waals surface area contributed by atoms with E-state index in [1.54, 1.807) is 41.6 Å². The molecule has 0 spiro atoms. The van der Waals surface area contributed by atoms with E-state index in [9.17, 15) is 9.18 Å². The standard InChI is InChI=1S/C21H20FN5O/c22-16-4-3-5-17(14-16)25-18-7-8-19(24-15-18)21(28)27-12-10-26(11-13-27)20-6-1-2-9-23-20/h1-9,14-15,25H,10-13H2. The first-order valence-corrected chi connectivity index (χ1v) is 9.13. The summed E-state index contributed by atoms with van der Waals surface area (Å²) in [6.07, 6.45) is 3.36. The number of hydrogen-bond acceptors (Lipinski definition) is 5. The van der Waals surface area contributed by atoms with Crippen molar-refractivity contribution >= 4 is 23.1 Å². The summed E-state index contributed by atoms with van der Waals surface area (Å²) in [6.45, 7) is 2.73. The third-order valence-electron chi connectivity index (χ3n) is 4.64. The van der Waals surface area contributed by atoms with Crippen molar-refractivity contribution in [3.63, 3.8) is 0 Å². The highest BCUT2D eigenvalue weighted by Crippen LogP contribution is 2.18. The second kappa shape index (κ2) is 8.04. The molecule has 1 amide bonds. The topological polar surface area (TPSA) is 61.4 Å². The number of pyridine rings is 2. The summed E-state index contributed by atoms with van der Waals surface area (Å²) >= 11 is 0. The molecule has 7 heteroatoms. The minimum Gasteiger partial charge on any atom is -0.354 e. The average molecular weight is 377 g/mol. The Morgan fingerprint density at radius 3 is 2.46 bits per heavy atom. The van der Waals surface area contributed by atoms with E-state index in [1.807, 2.05) is 18.2 Å². The van der Waals surface area contributed by atoms with Gasteiger partial charge in [-0.3, -0.25) is 4.79 Å². The summed E-state index contributed by atoms with van der Waals surface area (Å²) in [4.78, 5) is 25.3. The fourth-order valence-electron chi connectivity index (χ4n) is 3.17. The van der Waals surface area contributed by atoms with Gasteiger partial charge in [0.2, 0.25) is 0 Å². The summed E-state index contributed by atoms with van der Waals surface area (Å²) in [6, 6.07) is 15.5. The zero-order valence-electron chi connectivity index (χ0n) is 15.3. The minimum atomic E-state index is -0.311. The largest absolute Gasteiger partial charge is 0.354 e. The summed E-state index contributed by atoms with van der Waals surface area (Å²) in [5, 5.41) is 3.07. The van der Waals surface area contributed by atoms with E-state index in [-0.39, 0.29) is 11.7 Å². The lowest BCUT2D eigenvalue weighted by molar-refractivity contribution is 0.0740. The molecule has 4 rings (SSSR count). The Labute approximate surface area is 162 Å².